The average molecular weight is 569 g/mol. The molecule has 0 radical (unpaired) electrons. The minimum atomic E-state index is -3.73. The van der Waals surface area contributed by atoms with E-state index in [9.17, 15) is 8.42 Å². The van der Waals surface area contributed by atoms with E-state index >= 15 is 0 Å². The average Bonchev–Trinajstić information content (AvgIpc) is 2.97. The molecule has 214 valence electrons. The second-order valence-corrected chi connectivity index (χ2v) is 12.0. The molecule has 0 saturated carbocycles. The Labute approximate surface area is 235 Å². The van der Waals surface area contributed by atoms with E-state index in [1.54, 1.807) is 48.3 Å². The van der Waals surface area contributed by atoms with Crippen LogP contribution in [0.4, 0.5) is 5.82 Å². The van der Waals surface area contributed by atoms with Crippen LogP contribution in [0, 0.1) is 13.8 Å². The van der Waals surface area contributed by atoms with Gasteiger partial charge in [0.15, 0.2) is 0 Å². The van der Waals surface area contributed by atoms with Gasteiger partial charge in [-0.3, -0.25) is 4.98 Å². The number of sulfonamides is 1. The van der Waals surface area contributed by atoms with E-state index in [0.717, 1.165) is 44.6 Å². The molecule has 2 aliphatic heterocycles. The summed E-state index contributed by atoms with van der Waals surface area (Å²) in [6, 6.07) is 5.33. The summed E-state index contributed by atoms with van der Waals surface area (Å²) >= 11 is 0. The largest absolute Gasteiger partial charge is 0.497 e. The standard InChI is InChI=1S/C28H36N6O5S/c1-20-16-24(37-3)17-21(2)27(20)40(35,36)34-13-5-4-6-22(34)19-38-28-31-10-7-25(32-28)33-14-8-23(9-15-33)39-26-18-29-11-12-30-26/h7,10-12,16-18,22-23H,4-6,8-9,13-15,19H2,1-3H3. The van der Waals surface area contributed by atoms with Gasteiger partial charge in [-0.15, -0.1) is 0 Å². The van der Waals surface area contributed by atoms with E-state index in [0.29, 0.717) is 40.6 Å². The molecule has 2 aromatic heterocycles. The number of methoxy groups -OCH3 is 1. The third-order valence-corrected chi connectivity index (χ3v) is 9.68. The second-order valence-electron chi connectivity index (χ2n) is 10.2. The molecule has 0 bridgehead atoms. The molecule has 11 nitrogen and oxygen atoms in total. The molecule has 0 spiro atoms. The Balaban J connectivity index is 1.23. The first-order valence-electron chi connectivity index (χ1n) is 13.7. The van der Waals surface area contributed by atoms with Crippen molar-refractivity contribution in [3.63, 3.8) is 0 Å². The van der Waals surface area contributed by atoms with Crippen molar-refractivity contribution in [3.05, 3.63) is 54.1 Å². The Morgan fingerprint density at radius 2 is 1.75 bits per heavy atom. The minimum Gasteiger partial charge on any atom is -0.497 e. The van der Waals surface area contributed by atoms with Gasteiger partial charge >= 0.3 is 6.01 Å². The third kappa shape index (κ3) is 6.28. The van der Waals surface area contributed by atoms with Crippen molar-refractivity contribution in [2.75, 3.05) is 38.3 Å². The van der Waals surface area contributed by atoms with Crippen LogP contribution in [0.2, 0.25) is 0 Å². The molecule has 12 heteroatoms. The highest BCUT2D eigenvalue weighted by Crippen LogP contribution is 2.32. The molecule has 1 aromatic carbocycles. The first-order valence-corrected chi connectivity index (χ1v) is 15.1. The van der Waals surface area contributed by atoms with Crippen LogP contribution in [-0.2, 0) is 10.0 Å². The monoisotopic (exact) mass is 568 g/mol. The first kappa shape index (κ1) is 28.0. The number of aryl methyl sites for hydroxylation is 2. The van der Waals surface area contributed by atoms with E-state index in [2.05, 4.69) is 24.8 Å². The number of benzene rings is 1. The number of anilines is 1. The molecule has 0 aliphatic carbocycles. The fourth-order valence-corrected chi connectivity index (χ4v) is 7.57. The zero-order valence-corrected chi connectivity index (χ0v) is 24.0. The summed E-state index contributed by atoms with van der Waals surface area (Å²) in [6.45, 7) is 5.80. The van der Waals surface area contributed by atoms with Gasteiger partial charge in [0, 0.05) is 51.1 Å². The Morgan fingerprint density at radius 3 is 2.45 bits per heavy atom. The van der Waals surface area contributed by atoms with Gasteiger partial charge in [-0.1, -0.05) is 6.42 Å². The van der Waals surface area contributed by atoms with E-state index < -0.39 is 10.0 Å². The zero-order valence-electron chi connectivity index (χ0n) is 23.2. The summed E-state index contributed by atoms with van der Waals surface area (Å²) in [7, 11) is -2.15. The molecule has 40 heavy (non-hydrogen) atoms. The number of aromatic nitrogens is 4. The Morgan fingerprint density at radius 1 is 0.975 bits per heavy atom. The Kier molecular flexibility index (Phi) is 8.65. The molecule has 4 heterocycles. The lowest BCUT2D eigenvalue weighted by molar-refractivity contribution is 0.159. The van der Waals surface area contributed by atoms with Gasteiger partial charge in [0.25, 0.3) is 0 Å². The Hall–Kier alpha value is -3.51. The molecular weight excluding hydrogens is 532 g/mol. The summed E-state index contributed by atoms with van der Waals surface area (Å²) < 4.78 is 46.5. The lowest BCUT2D eigenvalue weighted by Crippen LogP contribution is -2.47. The molecule has 5 rings (SSSR count). The van der Waals surface area contributed by atoms with Crippen molar-refractivity contribution in [2.24, 2.45) is 0 Å². The highest BCUT2D eigenvalue weighted by molar-refractivity contribution is 7.89. The highest BCUT2D eigenvalue weighted by Gasteiger charge is 2.36. The van der Waals surface area contributed by atoms with Gasteiger partial charge in [0.2, 0.25) is 15.9 Å². The summed E-state index contributed by atoms with van der Waals surface area (Å²) in [5.74, 6) is 1.96. The van der Waals surface area contributed by atoms with Gasteiger partial charge in [-0.05, 0) is 56.0 Å². The minimum absolute atomic E-state index is 0.0720. The molecule has 3 aromatic rings. The van der Waals surface area contributed by atoms with Gasteiger partial charge in [-0.25, -0.2) is 18.4 Å². The number of nitrogens with zero attached hydrogens (tertiary/aromatic N) is 6. The van der Waals surface area contributed by atoms with Crippen molar-refractivity contribution in [1.82, 2.24) is 24.2 Å². The first-order chi connectivity index (χ1) is 19.3. The second kappa shape index (κ2) is 12.3. The molecule has 1 unspecified atom stereocenters. The van der Waals surface area contributed by atoms with Gasteiger partial charge < -0.3 is 19.1 Å². The zero-order chi connectivity index (χ0) is 28.1. The lowest BCUT2D eigenvalue weighted by Gasteiger charge is -2.35. The summed E-state index contributed by atoms with van der Waals surface area (Å²) in [6.07, 6.45) is 10.7. The maximum atomic E-state index is 13.8. The number of hydrogen-bond acceptors (Lipinski definition) is 10. The van der Waals surface area contributed by atoms with Crippen LogP contribution < -0.4 is 19.1 Å². The van der Waals surface area contributed by atoms with E-state index in [4.69, 9.17) is 14.2 Å². The van der Waals surface area contributed by atoms with Gasteiger partial charge in [-0.2, -0.15) is 9.29 Å². The quantitative estimate of drug-likeness (QED) is 0.379. The van der Waals surface area contributed by atoms with Crippen LogP contribution in [0.5, 0.6) is 17.6 Å². The summed E-state index contributed by atoms with van der Waals surface area (Å²) in [5.41, 5.74) is 1.34. The maximum absolute atomic E-state index is 13.8. The molecular formula is C28H36N6O5S. The van der Waals surface area contributed by atoms with Crippen LogP contribution >= 0.6 is 0 Å². The molecule has 2 aliphatic rings. The van der Waals surface area contributed by atoms with Crippen molar-refractivity contribution < 1.29 is 22.6 Å². The van der Waals surface area contributed by atoms with Crippen molar-refractivity contribution in [1.29, 1.82) is 0 Å². The normalized spacial score (nSPS) is 18.9. The predicted octanol–water partition coefficient (Wildman–Crippen LogP) is 3.56. The van der Waals surface area contributed by atoms with Gasteiger partial charge in [0.1, 0.15) is 24.3 Å². The molecule has 1 atom stereocenters. The number of piperidine rings is 2. The molecule has 0 amide bonds. The van der Waals surface area contributed by atoms with Crippen LogP contribution in [0.1, 0.15) is 43.2 Å². The van der Waals surface area contributed by atoms with Crippen molar-refractivity contribution in [3.8, 4) is 17.6 Å². The molecule has 0 N–H and O–H groups in total. The van der Waals surface area contributed by atoms with Crippen LogP contribution in [0.3, 0.4) is 0 Å². The van der Waals surface area contributed by atoms with Crippen LogP contribution in [-0.4, -0.2) is 78.2 Å². The maximum Gasteiger partial charge on any atom is 0.318 e. The fraction of sp³-hybridized carbons (Fsp3) is 0.500. The van der Waals surface area contributed by atoms with Crippen molar-refractivity contribution in [2.45, 2.75) is 63.0 Å². The SMILES string of the molecule is COc1cc(C)c(S(=O)(=O)N2CCCCC2COc2nccc(N3CCC(Oc4cnccn4)CC3)n2)c(C)c1. The lowest BCUT2D eigenvalue weighted by atomic mass is 10.1. The smallest absolute Gasteiger partial charge is 0.318 e. The summed E-state index contributed by atoms with van der Waals surface area (Å²) in [4.78, 5) is 19.7. The number of hydrogen-bond donors (Lipinski definition) is 0. The van der Waals surface area contributed by atoms with Gasteiger partial charge in [0.05, 0.1) is 24.2 Å². The fourth-order valence-electron chi connectivity index (χ4n) is 5.48. The molecule has 2 saturated heterocycles. The third-order valence-electron chi connectivity index (χ3n) is 7.43. The number of ether oxygens (including phenoxy) is 3. The van der Waals surface area contributed by atoms with Crippen molar-refractivity contribution >= 4 is 15.8 Å². The predicted molar refractivity (Wildman–Crippen MR) is 149 cm³/mol. The van der Waals surface area contributed by atoms with Crippen LogP contribution in [0.15, 0.2) is 47.9 Å². The highest BCUT2D eigenvalue weighted by atomic mass is 32.2. The number of rotatable bonds is 9. The Bertz CT molecular complexity index is 1380. The van der Waals surface area contributed by atoms with Crippen LogP contribution in [0.25, 0.3) is 0 Å². The van der Waals surface area contributed by atoms with E-state index in [1.807, 2.05) is 19.9 Å². The molecule has 2 fully saturated rings. The van der Waals surface area contributed by atoms with E-state index in [1.165, 1.54) is 0 Å². The summed E-state index contributed by atoms with van der Waals surface area (Å²) in [5, 5.41) is 0. The topological polar surface area (TPSA) is 120 Å². The van der Waals surface area contributed by atoms with E-state index in [-0.39, 0.29) is 24.8 Å².